The van der Waals surface area contributed by atoms with Gasteiger partial charge in [0.25, 0.3) is 10.0 Å². The van der Waals surface area contributed by atoms with Gasteiger partial charge in [-0.3, -0.25) is 0 Å². The number of benzene rings is 2. The minimum atomic E-state index is -4.50. The van der Waals surface area contributed by atoms with Crippen molar-refractivity contribution in [2.24, 2.45) is 0 Å². The Morgan fingerprint density at radius 2 is 1.87 bits per heavy atom. The number of anilines is 1. The van der Waals surface area contributed by atoms with E-state index in [1.807, 2.05) is 0 Å². The van der Waals surface area contributed by atoms with Crippen LogP contribution in [0.1, 0.15) is 5.56 Å². The van der Waals surface area contributed by atoms with Crippen LogP contribution in [0.3, 0.4) is 0 Å². The summed E-state index contributed by atoms with van der Waals surface area (Å²) >= 11 is 2.95. The predicted molar refractivity (Wildman–Crippen MR) is 109 cm³/mol. The highest BCUT2D eigenvalue weighted by molar-refractivity contribution is 9.10. The van der Waals surface area contributed by atoms with Crippen molar-refractivity contribution in [3.05, 3.63) is 70.6 Å². The molecule has 30 heavy (non-hydrogen) atoms. The summed E-state index contributed by atoms with van der Waals surface area (Å²) in [7, 11) is -1.59. The Hall–Kier alpha value is -2.79. The minimum absolute atomic E-state index is 0.00139. The van der Waals surface area contributed by atoms with Crippen LogP contribution in [-0.4, -0.2) is 32.6 Å². The molecule has 0 spiro atoms. The first kappa shape index (κ1) is 21.9. The maximum atomic E-state index is 14.5. The molecule has 0 amide bonds. The number of nitrogens with zero attached hydrogens (tertiary/aromatic N) is 3. The van der Waals surface area contributed by atoms with E-state index in [0.29, 0.717) is 23.1 Å². The Morgan fingerprint density at radius 1 is 1.10 bits per heavy atom. The van der Waals surface area contributed by atoms with Crippen molar-refractivity contribution in [2.75, 3.05) is 18.5 Å². The lowest BCUT2D eigenvalue weighted by atomic mass is 10.2. The van der Waals surface area contributed by atoms with Crippen LogP contribution in [-0.2, 0) is 16.6 Å². The average Bonchev–Trinajstić information content (AvgIpc) is 2.71. The molecule has 11 heteroatoms. The molecule has 7 nitrogen and oxygen atoms in total. The van der Waals surface area contributed by atoms with E-state index in [1.54, 1.807) is 18.2 Å². The van der Waals surface area contributed by atoms with E-state index in [4.69, 9.17) is 9.47 Å². The molecule has 0 bridgehead atoms. The third-order valence-electron chi connectivity index (χ3n) is 4.14. The second kappa shape index (κ2) is 8.92. The molecular weight excluding hydrogens is 484 g/mol. The van der Waals surface area contributed by atoms with Gasteiger partial charge in [0.15, 0.2) is 0 Å². The number of methoxy groups -OCH3 is 2. The van der Waals surface area contributed by atoms with Gasteiger partial charge in [-0.1, -0.05) is 0 Å². The van der Waals surface area contributed by atoms with E-state index in [0.717, 1.165) is 10.4 Å². The van der Waals surface area contributed by atoms with Gasteiger partial charge in [-0.2, -0.15) is 0 Å². The first-order valence-electron chi connectivity index (χ1n) is 8.42. The van der Waals surface area contributed by atoms with Gasteiger partial charge in [0.1, 0.15) is 40.2 Å². The molecule has 0 atom stereocenters. The summed E-state index contributed by atoms with van der Waals surface area (Å²) in [5.74, 6) is -1.27. The number of ether oxygens (including phenoxy) is 2. The summed E-state index contributed by atoms with van der Waals surface area (Å²) in [5, 5.41) is 0. The number of rotatable bonds is 7. The molecular formula is C19H16BrF2N3O4S. The largest absolute Gasteiger partial charge is 0.497 e. The quantitative estimate of drug-likeness (QED) is 0.489. The zero-order chi connectivity index (χ0) is 21.9. The van der Waals surface area contributed by atoms with Crippen LogP contribution < -0.4 is 13.8 Å². The lowest BCUT2D eigenvalue weighted by molar-refractivity contribution is 0.391. The molecule has 0 saturated carbocycles. The van der Waals surface area contributed by atoms with Gasteiger partial charge in [0.05, 0.1) is 20.8 Å². The molecule has 0 fully saturated rings. The lowest BCUT2D eigenvalue weighted by Crippen LogP contribution is -2.32. The highest BCUT2D eigenvalue weighted by Crippen LogP contribution is 2.34. The fourth-order valence-electron chi connectivity index (χ4n) is 2.74. The second-order valence-corrected chi connectivity index (χ2v) is 8.61. The Kier molecular flexibility index (Phi) is 6.52. The topological polar surface area (TPSA) is 81.6 Å². The smallest absolute Gasteiger partial charge is 0.269 e. The molecule has 0 saturated heterocycles. The van der Waals surface area contributed by atoms with Crippen molar-refractivity contribution in [2.45, 2.75) is 11.4 Å². The summed E-state index contributed by atoms with van der Waals surface area (Å²) in [5.41, 5.74) is 0.471. The van der Waals surface area contributed by atoms with Crippen LogP contribution in [0.4, 0.5) is 14.6 Å². The standard InChI is InChI=1S/C19H16BrF2N3O4S/c1-28-14-4-3-12(17(9-14)29-2)10-25(18-5-6-23-11-24-18)30(26,27)19-15(20)7-13(21)8-16(19)22/h3-9,11H,10H2,1-2H3. The van der Waals surface area contributed by atoms with E-state index in [-0.39, 0.29) is 16.8 Å². The molecule has 0 radical (unpaired) electrons. The van der Waals surface area contributed by atoms with Crippen molar-refractivity contribution >= 4 is 31.8 Å². The van der Waals surface area contributed by atoms with Crippen LogP contribution >= 0.6 is 15.9 Å². The number of hydrogen-bond acceptors (Lipinski definition) is 6. The normalized spacial score (nSPS) is 11.2. The Labute approximate surface area is 180 Å². The molecule has 3 rings (SSSR count). The predicted octanol–water partition coefficient (Wildman–Crippen LogP) is 3.93. The SMILES string of the molecule is COc1ccc(CN(c2ccncn2)S(=O)(=O)c2c(F)cc(F)cc2Br)c(OC)c1. The molecule has 0 unspecified atom stereocenters. The number of halogens is 3. The molecule has 0 aliphatic heterocycles. The van der Waals surface area contributed by atoms with Crippen molar-refractivity contribution in [1.82, 2.24) is 9.97 Å². The van der Waals surface area contributed by atoms with E-state index in [9.17, 15) is 17.2 Å². The number of aromatic nitrogens is 2. The maximum absolute atomic E-state index is 14.5. The first-order valence-corrected chi connectivity index (χ1v) is 10.7. The first-order chi connectivity index (χ1) is 14.3. The van der Waals surface area contributed by atoms with Crippen LogP contribution in [0.5, 0.6) is 11.5 Å². The number of hydrogen-bond donors (Lipinski definition) is 0. The van der Waals surface area contributed by atoms with Crippen molar-refractivity contribution in [1.29, 1.82) is 0 Å². The molecule has 1 heterocycles. The van der Waals surface area contributed by atoms with Gasteiger partial charge in [0, 0.05) is 34.4 Å². The Balaban J connectivity index is 2.16. The van der Waals surface area contributed by atoms with E-state index < -0.39 is 26.6 Å². The fourth-order valence-corrected chi connectivity index (χ4v) is 5.26. The van der Waals surface area contributed by atoms with Crippen LogP contribution in [0, 0.1) is 11.6 Å². The second-order valence-electron chi connectivity index (χ2n) is 5.96. The van der Waals surface area contributed by atoms with Crippen molar-refractivity contribution < 1.29 is 26.7 Å². The van der Waals surface area contributed by atoms with Crippen molar-refractivity contribution in [3.63, 3.8) is 0 Å². The van der Waals surface area contributed by atoms with Gasteiger partial charge in [0.2, 0.25) is 0 Å². The molecule has 0 N–H and O–H groups in total. The minimum Gasteiger partial charge on any atom is -0.497 e. The molecule has 0 aliphatic carbocycles. The third kappa shape index (κ3) is 4.36. The summed E-state index contributed by atoms with van der Waals surface area (Å²) in [4.78, 5) is 7.06. The number of sulfonamides is 1. The third-order valence-corrected chi connectivity index (χ3v) is 6.86. The van der Waals surface area contributed by atoms with Gasteiger partial charge in [-0.05, 0) is 34.1 Å². The maximum Gasteiger partial charge on any atom is 0.269 e. The Morgan fingerprint density at radius 3 is 2.47 bits per heavy atom. The summed E-state index contributed by atoms with van der Waals surface area (Å²) in [6.07, 6.45) is 2.52. The van der Waals surface area contributed by atoms with E-state index >= 15 is 0 Å². The van der Waals surface area contributed by atoms with Crippen LogP contribution in [0.15, 0.2) is 58.3 Å². The molecule has 158 valence electrons. The Bertz CT molecular complexity index is 1140. The van der Waals surface area contributed by atoms with E-state index in [2.05, 4.69) is 25.9 Å². The molecule has 3 aromatic rings. The molecule has 1 aromatic heterocycles. The van der Waals surface area contributed by atoms with Crippen LogP contribution in [0.25, 0.3) is 0 Å². The van der Waals surface area contributed by atoms with Crippen LogP contribution in [0.2, 0.25) is 0 Å². The van der Waals surface area contributed by atoms with Gasteiger partial charge >= 0.3 is 0 Å². The zero-order valence-corrected chi connectivity index (χ0v) is 18.2. The fraction of sp³-hybridized carbons (Fsp3) is 0.158. The highest BCUT2D eigenvalue weighted by Gasteiger charge is 2.32. The lowest BCUT2D eigenvalue weighted by Gasteiger charge is -2.25. The van der Waals surface area contributed by atoms with Gasteiger partial charge < -0.3 is 9.47 Å². The molecule has 2 aromatic carbocycles. The highest BCUT2D eigenvalue weighted by atomic mass is 79.9. The summed E-state index contributed by atoms with van der Waals surface area (Å²) in [6.45, 7) is -0.240. The zero-order valence-electron chi connectivity index (χ0n) is 15.8. The average molecular weight is 500 g/mol. The summed E-state index contributed by atoms with van der Waals surface area (Å²) in [6, 6.07) is 7.59. The summed E-state index contributed by atoms with van der Waals surface area (Å²) < 4.78 is 66.0. The van der Waals surface area contributed by atoms with Gasteiger partial charge in [-0.15, -0.1) is 0 Å². The monoisotopic (exact) mass is 499 g/mol. The van der Waals surface area contributed by atoms with Gasteiger partial charge in [-0.25, -0.2) is 31.5 Å². The van der Waals surface area contributed by atoms with E-state index in [1.165, 1.54) is 32.8 Å². The molecule has 0 aliphatic rings. The van der Waals surface area contributed by atoms with Crippen molar-refractivity contribution in [3.8, 4) is 11.5 Å².